The first-order valence-electron chi connectivity index (χ1n) is 7.98. The maximum atomic E-state index is 13.5. The molecular weight excluding hydrogens is 375 g/mol. The Labute approximate surface area is 148 Å². The van der Waals surface area contributed by atoms with E-state index in [2.05, 4.69) is 9.97 Å². The van der Waals surface area contributed by atoms with Crippen molar-refractivity contribution in [3.8, 4) is 0 Å². The molecule has 11 heteroatoms. The smallest absolute Gasteiger partial charge is 0.398 e. The quantitative estimate of drug-likeness (QED) is 0.718. The average molecular weight is 393 g/mol. The van der Waals surface area contributed by atoms with Crippen LogP contribution in [0.2, 0.25) is 0 Å². The fourth-order valence-corrected chi connectivity index (χ4v) is 6.15. The lowest BCUT2D eigenvalue weighted by Gasteiger charge is -2.43. The zero-order valence-corrected chi connectivity index (χ0v) is 15.2. The van der Waals surface area contributed by atoms with Crippen molar-refractivity contribution in [2.45, 2.75) is 32.2 Å². The van der Waals surface area contributed by atoms with E-state index in [1.807, 2.05) is 0 Å². The molecule has 3 rings (SSSR count). The van der Waals surface area contributed by atoms with Crippen molar-refractivity contribution in [2.24, 2.45) is 5.41 Å². The molecule has 0 amide bonds. The molecule has 144 valence electrons. The highest BCUT2D eigenvalue weighted by molar-refractivity contribution is 7.93. The summed E-state index contributed by atoms with van der Waals surface area (Å²) < 4.78 is 69.1. The normalized spacial score (nSPS) is 27.0. The molecule has 7 nitrogen and oxygen atoms in total. The second-order valence-corrected chi connectivity index (χ2v) is 8.80. The van der Waals surface area contributed by atoms with Gasteiger partial charge in [-0.15, -0.1) is 0 Å². The summed E-state index contributed by atoms with van der Waals surface area (Å²) in [5.41, 5.74) is -1.57. The molecule has 0 saturated carbocycles. The number of anilines is 1. The van der Waals surface area contributed by atoms with Gasteiger partial charge in [0.1, 0.15) is 11.0 Å². The summed E-state index contributed by atoms with van der Waals surface area (Å²) in [5.74, 6) is -1.53. The molecule has 2 unspecified atom stereocenters. The largest absolute Gasteiger partial charge is 0.462 e. The molecule has 0 spiro atoms. The van der Waals surface area contributed by atoms with E-state index in [1.54, 1.807) is 6.92 Å². The summed E-state index contributed by atoms with van der Waals surface area (Å²) in [7, 11) is -3.78. The van der Waals surface area contributed by atoms with Gasteiger partial charge in [-0.1, -0.05) is 0 Å². The maximum absolute atomic E-state index is 13.5. The van der Waals surface area contributed by atoms with Crippen molar-refractivity contribution in [3.05, 3.63) is 17.0 Å². The Bertz CT molecular complexity index is 848. The minimum Gasteiger partial charge on any atom is -0.462 e. The standard InChI is InChI=1S/C15H18F3N3O4S/c1-4-25-12(22)11-8(2)19-13(20-9(11)3)21-5-10-14(6-21,15(16,17)18)7-26(10,23)24/h10H,4-7H2,1-3H3. The highest BCUT2D eigenvalue weighted by atomic mass is 32.2. The van der Waals surface area contributed by atoms with Gasteiger partial charge < -0.3 is 9.64 Å². The number of carbonyl (C=O) groups is 1. The fourth-order valence-electron chi connectivity index (χ4n) is 3.68. The van der Waals surface area contributed by atoms with Gasteiger partial charge in [0.2, 0.25) is 5.95 Å². The number of fused-ring (bicyclic) bond motifs is 1. The van der Waals surface area contributed by atoms with Gasteiger partial charge in [0.25, 0.3) is 0 Å². The first-order chi connectivity index (χ1) is 11.9. The number of aromatic nitrogens is 2. The second-order valence-electron chi connectivity index (χ2n) is 6.62. The van der Waals surface area contributed by atoms with E-state index >= 15 is 0 Å². The van der Waals surface area contributed by atoms with Gasteiger partial charge in [-0.2, -0.15) is 13.2 Å². The zero-order valence-electron chi connectivity index (χ0n) is 14.4. The highest BCUT2D eigenvalue weighted by Gasteiger charge is 2.75. The van der Waals surface area contributed by atoms with Crippen molar-refractivity contribution in [2.75, 3.05) is 30.3 Å². The third kappa shape index (κ3) is 2.63. The number of aryl methyl sites for hydroxylation is 2. The minimum atomic E-state index is -4.63. The minimum absolute atomic E-state index is 0.0127. The zero-order chi connectivity index (χ0) is 19.5. The van der Waals surface area contributed by atoms with Crippen LogP contribution in [0, 0.1) is 19.3 Å². The van der Waals surface area contributed by atoms with E-state index in [0.717, 1.165) is 0 Å². The molecule has 0 radical (unpaired) electrons. The third-order valence-electron chi connectivity index (χ3n) is 4.95. The predicted molar refractivity (Wildman–Crippen MR) is 85.7 cm³/mol. The first kappa shape index (κ1) is 18.9. The molecular formula is C15H18F3N3O4S. The Morgan fingerprint density at radius 3 is 2.31 bits per heavy atom. The van der Waals surface area contributed by atoms with Crippen LogP contribution in [0.15, 0.2) is 0 Å². The van der Waals surface area contributed by atoms with Gasteiger partial charge >= 0.3 is 12.1 Å². The number of carbonyl (C=O) groups excluding carboxylic acids is 1. The Kier molecular flexibility index (Phi) is 4.21. The number of hydrogen-bond acceptors (Lipinski definition) is 7. The van der Waals surface area contributed by atoms with Crippen LogP contribution >= 0.6 is 0 Å². The average Bonchev–Trinajstić information content (AvgIpc) is 2.82. The van der Waals surface area contributed by atoms with E-state index in [-0.39, 0.29) is 36.1 Å². The first-order valence-corrected chi connectivity index (χ1v) is 9.70. The van der Waals surface area contributed by atoms with E-state index in [0.29, 0.717) is 0 Å². The van der Waals surface area contributed by atoms with Crippen LogP contribution in [0.3, 0.4) is 0 Å². The number of rotatable bonds is 3. The molecule has 0 aromatic carbocycles. The number of halogens is 3. The molecule has 26 heavy (non-hydrogen) atoms. The molecule has 3 heterocycles. The lowest BCUT2D eigenvalue weighted by Crippen LogP contribution is -2.64. The summed E-state index contributed by atoms with van der Waals surface area (Å²) in [6.45, 7) is 4.04. The van der Waals surface area contributed by atoms with E-state index in [9.17, 15) is 26.4 Å². The predicted octanol–water partition coefficient (Wildman–Crippen LogP) is 1.44. The van der Waals surface area contributed by atoms with Gasteiger partial charge in [-0.05, 0) is 20.8 Å². The Hall–Kier alpha value is -1.91. The molecule has 0 bridgehead atoms. The number of hydrogen-bond donors (Lipinski definition) is 0. The monoisotopic (exact) mass is 393 g/mol. The van der Waals surface area contributed by atoms with Gasteiger partial charge in [0.15, 0.2) is 9.84 Å². The van der Waals surface area contributed by atoms with Crippen LogP contribution in [0.4, 0.5) is 19.1 Å². The van der Waals surface area contributed by atoms with Crippen LogP contribution < -0.4 is 4.90 Å². The fraction of sp³-hybridized carbons (Fsp3) is 0.667. The van der Waals surface area contributed by atoms with Gasteiger partial charge in [-0.25, -0.2) is 23.2 Å². The van der Waals surface area contributed by atoms with E-state index < -0.39 is 44.9 Å². The summed E-state index contributed by atoms with van der Waals surface area (Å²) in [4.78, 5) is 21.4. The number of esters is 1. The molecule has 1 aromatic rings. The Morgan fingerprint density at radius 2 is 1.88 bits per heavy atom. The number of sulfone groups is 1. The van der Waals surface area contributed by atoms with Crippen molar-refractivity contribution in [3.63, 3.8) is 0 Å². The van der Waals surface area contributed by atoms with Gasteiger partial charge in [0, 0.05) is 13.1 Å². The van der Waals surface area contributed by atoms with Crippen LogP contribution in [0.5, 0.6) is 0 Å². The third-order valence-corrected chi connectivity index (χ3v) is 7.34. The molecule has 2 aliphatic rings. The summed E-state index contributed by atoms with van der Waals surface area (Å²) in [6, 6.07) is 0. The molecule has 2 atom stereocenters. The second kappa shape index (κ2) is 5.80. The summed E-state index contributed by atoms with van der Waals surface area (Å²) >= 11 is 0. The highest BCUT2D eigenvalue weighted by Crippen LogP contribution is 2.56. The van der Waals surface area contributed by atoms with Crippen molar-refractivity contribution in [1.82, 2.24) is 9.97 Å². The van der Waals surface area contributed by atoms with Gasteiger partial charge in [-0.3, -0.25) is 0 Å². The Balaban J connectivity index is 1.95. The van der Waals surface area contributed by atoms with Crippen LogP contribution in [0.1, 0.15) is 28.7 Å². The lowest BCUT2D eigenvalue weighted by molar-refractivity contribution is -0.212. The number of nitrogens with zero attached hydrogens (tertiary/aromatic N) is 3. The maximum Gasteiger partial charge on any atom is 0.398 e. The van der Waals surface area contributed by atoms with Crippen LogP contribution in [-0.2, 0) is 14.6 Å². The van der Waals surface area contributed by atoms with Crippen molar-refractivity contribution >= 4 is 21.8 Å². The Morgan fingerprint density at radius 1 is 1.31 bits per heavy atom. The molecule has 0 aliphatic carbocycles. The molecule has 2 saturated heterocycles. The van der Waals surface area contributed by atoms with Crippen molar-refractivity contribution in [1.29, 1.82) is 0 Å². The van der Waals surface area contributed by atoms with Crippen molar-refractivity contribution < 1.29 is 31.1 Å². The van der Waals surface area contributed by atoms with Crippen LogP contribution in [-0.4, -0.2) is 61.2 Å². The molecule has 0 N–H and O–H groups in total. The lowest BCUT2D eigenvalue weighted by atomic mass is 9.87. The molecule has 2 aliphatic heterocycles. The molecule has 2 fully saturated rings. The number of ether oxygens (including phenoxy) is 1. The van der Waals surface area contributed by atoms with Crippen LogP contribution in [0.25, 0.3) is 0 Å². The van der Waals surface area contributed by atoms with E-state index in [4.69, 9.17) is 4.74 Å². The number of alkyl halides is 3. The summed E-state index contributed by atoms with van der Waals surface area (Å²) in [5, 5.41) is -1.51. The van der Waals surface area contributed by atoms with Gasteiger partial charge in [0.05, 0.1) is 29.0 Å². The SMILES string of the molecule is CCOC(=O)c1c(C)nc(N2CC3C(C(F)(F)F)(C2)CS3(=O)=O)nc1C. The molecule has 1 aromatic heterocycles. The van der Waals surface area contributed by atoms with E-state index in [1.165, 1.54) is 18.7 Å². The topological polar surface area (TPSA) is 89.5 Å². The summed E-state index contributed by atoms with van der Waals surface area (Å²) in [6.07, 6.45) is -4.63.